The number of rotatable bonds is 2. The van der Waals surface area contributed by atoms with E-state index < -0.39 is 0 Å². The zero-order valence-corrected chi connectivity index (χ0v) is 7.98. The van der Waals surface area contributed by atoms with E-state index in [0.717, 1.165) is 12.4 Å². The van der Waals surface area contributed by atoms with Crippen LogP contribution in [0.4, 0.5) is 0 Å². The highest BCUT2D eigenvalue weighted by Crippen LogP contribution is 2.21. The van der Waals surface area contributed by atoms with E-state index in [-0.39, 0.29) is 0 Å². The monoisotopic (exact) mass is 180 g/mol. The van der Waals surface area contributed by atoms with Crippen molar-refractivity contribution in [1.82, 2.24) is 14.5 Å². The van der Waals surface area contributed by atoms with E-state index in [4.69, 9.17) is 5.73 Å². The predicted octanol–water partition coefficient (Wildman–Crippen LogP) is 0.218. The van der Waals surface area contributed by atoms with Gasteiger partial charge in [-0.1, -0.05) is 0 Å². The van der Waals surface area contributed by atoms with Crippen LogP contribution in [0.5, 0.6) is 0 Å². The molecule has 1 aliphatic rings. The molecule has 0 aromatic carbocycles. The summed E-state index contributed by atoms with van der Waals surface area (Å²) in [6, 6.07) is 0.575. The summed E-state index contributed by atoms with van der Waals surface area (Å²) in [6.45, 7) is 2.82. The van der Waals surface area contributed by atoms with E-state index in [1.54, 1.807) is 0 Å². The first-order valence-electron chi connectivity index (χ1n) is 4.71. The topological polar surface area (TPSA) is 47.1 Å². The van der Waals surface area contributed by atoms with Gasteiger partial charge in [0, 0.05) is 25.0 Å². The van der Waals surface area contributed by atoms with Gasteiger partial charge in [0.05, 0.1) is 6.54 Å². The fraction of sp³-hybridized carbons (Fsp3) is 0.667. The number of aromatic nitrogens is 2. The van der Waals surface area contributed by atoms with Crippen molar-refractivity contribution in [2.24, 2.45) is 5.73 Å². The summed E-state index contributed by atoms with van der Waals surface area (Å²) >= 11 is 0. The summed E-state index contributed by atoms with van der Waals surface area (Å²) in [6.07, 6.45) is 5.08. The fourth-order valence-electron chi connectivity index (χ4n) is 1.97. The van der Waals surface area contributed by atoms with E-state index in [1.165, 1.54) is 13.0 Å². The Hall–Kier alpha value is -0.870. The lowest BCUT2D eigenvalue weighted by molar-refractivity contribution is 0.389. The van der Waals surface area contributed by atoms with Crippen molar-refractivity contribution in [1.29, 1.82) is 0 Å². The Morgan fingerprint density at radius 1 is 1.69 bits per heavy atom. The summed E-state index contributed by atoms with van der Waals surface area (Å²) in [5, 5.41) is 0. The number of hydrogen-bond acceptors (Lipinski definition) is 3. The highest BCUT2D eigenvalue weighted by molar-refractivity contribution is 4.96. The van der Waals surface area contributed by atoms with Gasteiger partial charge in [-0.25, -0.2) is 4.98 Å². The quantitative estimate of drug-likeness (QED) is 0.708. The molecule has 1 aliphatic heterocycles. The van der Waals surface area contributed by atoms with Gasteiger partial charge < -0.3 is 15.2 Å². The third-order valence-electron chi connectivity index (χ3n) is 2.69. The van der Waals surface area contributed by atoms with Gasteiger partial charge in [-0.3, -0.25) is 0 Å². The Morgan fingerprint density at radius 3 is 3.15 bits per heavy atom. The van der Waals surface area contributed by atoms with Gasteiger partial charge in [0.1, 0.15) is 5.82 Å². The lowest BCUT2D eigenvalue weighted by Crippen LogP contribution is -2.18. The Labute approximate surface area is 78.4 Å². The third kappa shape index (κ3) is 1.59. The van der Waals surface area contributed by atoms with E-state index >= 15 is 0 Å². The van der Waals surface area contributed by atoms with Crippen LogP contribution >= 0.6 is 0 Å². The Balaban J connectivity index is 2.16. The maximum Gasteiger partial charge on any atom is 0.122 e. The zero-order valence-electron chi connectivity index (χ0n) is 7.98. The minimum atomic E-state index is 0.535. The van der Waals surface area contributed by atoms with Crippen molar-refractivity contribution in [3.63, 3.8) is 0 Å². The number of nitrogens with two attached hydrogens (primary N) is 1. The minimum absolute atomic E-state index is 0.535. The first-order valence-corrected chi connectivity index (χ1v) is 4.71. The molecular weight excluding hydrogens is 164 g/mol. The molecule has 0 saturated carbocycles. The van der Waals surface area contributed by atoms with Crippen LogP contribution < -0.4 is 5.73 Å². The van der Waals surface area contributed by atoms with Crippen molar-refractivity contribution in [3.05, 3.63) is 18.2 Å². The average molecular weight is 180 g/mol. The highest BCUT2D eigenvalue weighted by atomic mass is 15.2. The first kappa shape index (κ1) is 8.72. The van der Waals surface area contributed by atoms with Gasteiger partial charge >= 0.3 is 0 Å². The molecule has 0 amide bonds. The van der Waals surface area contributed by atoms with E-state index in [0.29, 0.717) is 12.6 Å². The molecule has 1 atom stereocenters. The molecular formula is C9H16N4. The van der Waals surface area contributed by atoms with Gasteiger partial charge in [-0.2, -0.15) is 0 Å². The van der Waals surface area contributed by atoms with E-state index in [9.17, 15) is 0 Å². The van der Waals surface area contributed by atoms with Crippen LogP contribution in [-0.2, 0) is 6.54 Å². The SMILES string of the molecule is CN1CCC(n2ccnc2CN)C1. The van der Waals surface area contributed by atoms with Gasteiger partial charge in [0.25, 0.3) is 0 Å². The minimum Gasteiger partial charge on any atom is -0.329 e. The van der Waals surface area contributed by atoms with Gasteiger partial charge in [0.15, 0.2) is 0 Å². The summed E-state index contributed by atoms with van der Waals surface area (Å²) in [4.78, 5) is 6.56. The molecule has 1 saturated heterocycles. The number of hydrogen-bond donors (Lipinski definition) is 1. The second-order valence-corrected chi connectivity index (χ2v) is 3.66. The van der Waals surface area contributed by atoms with Crippen LogP contribution in [0.2, 0.25) is 0 Å². The van der Waals surface area contributed by atoms with Crippen molar-refractivity contribution < 1.29 is 0 Å². The molecule has 4 nitrogen and oxygen atoms in total. The number of nitrogens with zero attached hydrogens (tertiary/aromatic N) is 3. The molecule has 2 heterocycles. The Morgan fingerprint density at radius 2 is 2.54 bits per heavy atom. The van der Waals surface area contributed by atoms with Crippen molar-refractivity contribution in [2.75, 3.05) is 20.1 Å². The average Bonchev–Trinajstić information content (AvgIpc) is 2.71. The molecule has 1 aromatic heterocycles. The van der Waals surface area contributed by atoms with Crippen molar-refractivity contribution in [3.8, 4) is 0 Å². The molecule has 0 aliphatic carbocycles. The lowest BCUT2D eigenvalue weighted by atomic mass is 10.2. The van der Waals surface area contributed by atoms with Crippen LogP contribution in [-0.4, -0.2) is 34.6 Å². The number of imidazole rings is 1. The van der Waals surface area contributed by atoms with E-state index in [1.807, 2.05) is 12.4 Å². The third-order valence-corrected chi connectivity index (χ3v) is 2.69. The van der Waals surface area contributed by atoms with Crippen LogP contribution in [0.3, 0.4) is 0 Å². The van der Waals surface area contributed by atoms with Crippen LogP contribution in [0.15, 0.2) is 12.4 Å². The standard InChI is InChI=1S/C9H16N4/c1-12-4-2-8(7-12)13-5-3-11-9(13)6-10/h3,5,8H,2,4,6-7,10H2,1H3. The predicted molar refractivity (Wildman–Crippen MR) is 51.3 cm³/mol. The highest BCUT2D eigenvalue weighted by Gasteiger charge is 2.21. The summed E-state index contributed by atoms with van der Waals surface area (Å²) in [5.74, 6) is 1.00. The van der Waals surface area contributed by atoms with Gasteiger partial charge in [-0.15, -0.1) is 0 Å². The molecule has 1 aromatic rings. The molecule has 0 radical (unpaired) electrons. The second kappa shape index (κ2) is 3.47. The summed E-state index contributed by atoms with van der Waals surface area (Å²) < 4.78 is 2.21. The largest absolute Gasteiger partial charge is 0.329 e. The fourth-order valence-corrected chi connectivity index (χ4v) is 1.97. The molecule has 4 heteroatoms. The molecule has 2 N–H and O–H groups in total. The summed E-state index contributed by atoms with van der Waals surface area (Å²) in [7, 11) is 2.15. The van der Waals surface area contributed by atoms with Crippen molar-refractivity contribution in [2.45, 2.75) is 19.0 Å². The number of likely N-dealkylation sites (tertiary alicyclic amines) is 1. The molecule has 1 fully saturated rings. The van der Waals surface area contributed by atoms with Gasteiger partial charge in [-0.05, 0) is 20.0 Å². The van der Waals surface area contributed by atoms with Crippen LogP contribution in [0.1, 0.15) is 18.3 Å². The maximum absolute atomic E-state index is 5.60. The molecule has 2 rings (SSSR count). The van der Waals surface area contributed by atoms with Crippen LogP contribution in [0, 0.1) is 0 Å². The second-order valence-electron chi connectivity index (χ2n) is 3.66. The van der Waals surface area contributed by atoms with Crippen LogP contribution in [0.25, 0.3) is 0 Å². The maximum atomic E-state index is 5.60. The Kier molecular flexibility index (Phi) is 2.33. The first-order chi connectivity index (χ1) is 6.31. The molecule has 0 bridgehead atoms. The van der Waals surface area contributed by atoms with Crippen molar-refractivity contribution >= 4 is 0 Å². The lowest BCUT2D eigenvalue weighted by Gasteiger charge is -2.14. The molecule has 0 spiro atoms. The summed E-state index contributed by atoms with van der Waals surface area (Å²) in [5.41, 5.74) is 5.60. The van der Waals surface area contributed by atoms with Gasteiger partial charge in [0.2, 0.25) is 0 Å². The molecule has 13 heavy (non-hydrogen) atoms. The number of likely N-dealkylation sites (N-methyl/N-ethyl adjacent to an activating group) is 1. The smallest absolute Gasteiger partial charge is 0.122 e. The van der Waals surface area contributed by atoms with E-state index in [2.05, 4.69) is 21.5 Å². The Bertz CT molecular complexity index is 281. The zero-order chi connectivity index (χ0) is 9.26. The molecule has 1 unspecified atom stereocenters. The molecule has 72 valence electrons. The normalized spacial score (nSPS) is 24.0.